The zero-order valence-electron chi connectivity index (χ0n) is 10.8. The third kappa shape index (κ3) is 2.09. The molecule has 0 saturated carbocycles. The Bertz CT molecular complexity index is 459. The van der Waals surface area contributed by atoms with Gasteiger partial charge in [-0.15, -0.1) is 0 Å². The van der Waals surface area contributed by atoms with Gasteiger partial charge in [0, 0.05) is 18.5 Å². The summed E-state index contributed by atoms with van der Waals surface area (Å²) in [6, 6.07) is 10.2. The van der Waals surface area contributed by atoms with Crippen molar-refractivity contribution in [3.05, 3.63) is 29.8 Å². The van der Waals surface area contributed by atoms with E-state index in [-0.39, 0.29) is 0 Å². The van der Waals surface area contributed by atoms with E-state index in [1.54, 1.807) is 0 Å². The number of rotatable bonds is 1. The Morgan fingerprint density at radius 1 is 1.06 bits per heavy atom. The molecule has 0 bridgehead atoms. The van der Waals surface area contributed by atoms with Gasteiger partial charge in [-0.2, -0.15) is 5.26 Å². The molecule has 2 aliphatic heterocycles. The first-order valence-electron chi connectivity index (χ1n) is 6.92. The molecule has 0 N–H and O–H groups in total. The highest BCUT2D eigenvalue weighted by molar-refractivity contribution is 5.51. The van der Waals surface area contributed by atoms with Crippen molar-refractivity contribution in [2.75, 3.05) is 44.2 Å². The Morgan fingerprint density at radius 2 is 1.78 bits per heavy atom. The topological polar surface area (TPSA) is 27.0 Å². The normalized spacial score (nSPS) is 22.1. The van der Waals surface area contributed by atoms with Crippen molar-refractivity contribution in [1.29, 1.82) is 5.26 Å². The lowest BCUT2D eigenvalue weighted by Crippen LogP contribution is -2.58. The molecule has 0 radical (unpaired) electrons. The summed E-state index contributed by atoms with van der Waals surface area (Å²) < 4.78 is 1.34. The molecule has 0 unspecified atom stereocenters. The summed E-state index contributed by atoms with van der Waals surface area (Å²) in [5, 5.41) is 8.96. The van der Waals surface area contributed by atoms with Gasteiger partial charge in [-0.05, 0) is 18.2 Å². The van der Waals surface area contributed by atoms with Gasteiger partial charge in [-0.1, -0.05) is 6.07 Å². The van der Waals surface area contributed by atoms with Gasteiger partial charge in [0.1, 0.15) is 0 Å². The van der Waals surface area contributed by atoms with Gasteiger partial charge in [0.15, 0.2) is 0 Å². The molecular weight excluding hydrogens is 222 g/mol. The van der Waals surface area contributed by atoms with Gasteiger partial charge in [-0.25, -0.2) is 0 Å². The lowest BCUT2D eigenvalue weighted by molar-refractivity contribution is -0.917. The van der Waals surface area contributed by atoms with Crippen LogP contribution in [0.1, 0.15) is 18.4 Å². The molecule has 2 heterocycles. The van der Waals surface area contributed by atoms with Crippen molar-refractivity contribution in [2.45, 2.75) is 12.8 Å². The van der Waals surface area contributed by atoms with E-state index in [4.69, 9.17) is 5.26 Å². The Labute approximate surface area is 109 Å². The van der Waals surface area contributed by atoms with Crippen LogP contribution in [0.4, 0.5) is 5.69 Å². The summed E-state index contributed by atoms with van der Waals surface area (Å²) in [7, 11) is 0. The predicted molar refractivity (Wildman–Crippen MR) is 72.3 cm³/mol. The highest BCUT2D eigenvalue weighted by Crippen LogP contribution is 2.25. The molecule has 3 rings (SSSR count). The fourth-order valence-electron chi connectivity index (χ4n) is 3.37. The number of benzene rings is 1. The molecule has 2 aliphatic rings. The Balaban J connectivity index is 1.70. The van der Waals surface area contributed by atoms with Crippen molar-refractivity contribution in [2.24, 2.45) is 0 Å². The molecule has 18 heavy (non-hydrogen) atoms. The van der Waals surface area contributed by atoms with E-state index in [9.17, 15) is 0 Å². The van der Waals surface area contributed by atoms with Crippen molar-refractivity contribution < 1.29 is 4.48 Å². The maximum Gasteiger partial charge on any atom is 0.0992 e. The number of anilines is 1. The van der Waals surface area contributed by atoms with E-state index >= 15 is 0 Å². The monoisotopic (exact) mass is 242 g/mol. The minimum Gasteiger partial charge on any atom is -0.360 e. The quantitative estimate of drug-likeness (QED) is 0.704. The van der Waals surface area contributed by atoms with Crippen LogP contribution in [0.3, 0.4) is 0 Å². The first-order chi connectivity index (χ1) is 8.81. The van der Waals surface area contributed by atoms with Crippen molar-refractivity contribution >= 4 is 5.69 Å². The maximum atomic E-state index is 8.96. The van der Waals surface area contributed by atoms with Gasteiger partial charge in [0.05, 0.1) is 50.9 Å². The van der Waals surface area contributed by atoms with Crippen LogP contribution < -0.4 is 4.90 Å². The van der Waals surface area contributed by atoms with Crippen LogP contribution in [0, 0.1) is 11.3 Å². The van der Waals surface area contributed by atoms with Gasteiger partial charge in [0.25, 0.3) is 0 Å². The molecule has 2 fully saturated rings. The molecule has 2 saturated heterocycles. The largest absolute Gasteiger partial charge is 0.360 e. The van der Waals surface area contributed by atoms with Crippen LogP contribution in [0.15, 0.2) is 24.3 Å². The minimum absolute atomic E-state index is 0.767. The summed E-state index contributed by atoms with van der Waals surface area (Å²) in [6.45, 7) is 7.58. The summed E-state index contributed by atoms with van der Waals surface area (Å²) in [6.07, 6.45) is 2.81. The van der Waals surface area contributed by atoms with Crippen molar-refractivity contribution in [3.8, 4) is 6.07 Å². The lowest BCUT2D eigenvalue weighted by atomic mass is 10.1. The average molecular weight is 242 g/mol. The number of hydrogen-bond acceptors (Lipinski definition) is 2. The standard InChI is InChI=1S/C15H20N3/c16-13-14-4-3-5-15(12-14)17-6-10-18(11-7-17)8-1-2-9-18/h3-5,12H,1-2,6-11H2/q+1. The zero-order chi connectivity index (χ0) is 12.4. The lowest BCUT2D eigenvalue weighted by Gasteiger charge is -2.42. The summed E-state index contributed by atoms with van der Waals surface area (Å²) in [4.78, 5) is 2.43. The average Bonchev–Trinajstić information content (AvgIpc) is 2.88. The van der Waals surface area contributed by atoms with E-state index < -0.39 is 0 Å². The van der Waals surface area contributed by atoms with E-state index in [2.05, 4.69) is 17.0 Å². The first-order valence-corrected chi connectivity index (χ1v) is 6.92. The first kappa shape index (κ1) is 11.6. The fraction of sp³-hybridized carbons (Fsp3) is 0.533. The fourth-order valence-corrected chi connectivity index (χ4v) is 3.37. The number of piperazine rings is 1. The van der Waals surface area contributed by atoms with Crippen molar-refractivity contribution in [3.63, 3.8) is 0 Å². The molecule has 1 aromatic carbocycles. The van der Waals surface area contributed by atoms with Gasteiger partial charge < -0.3 is 9.38 Å². The molecule has 1 spiro atoms. The zero-order valence-corrected chi connectivity index (χ0v) is 10.8. The van der Waals surface area contributed by atoms with Crippen molar-refractivity contribution in [1.82, 2.24) is 0 Å². The molecule has 1 aromatic rings. The van der Waals surface area contributed by atoms with Crippen LogP contribution in [-0.4, -0.2) is 43.8 Å². The van der Waals surface area contributed by atoms with E-state index in [1.165, 1.54) is 49.2 Å². The highest BCUT2D eigenvalue weighted by atomic mass is 15.4. The molecule has 0 aliphatic carbocycles. The summed E-state index contributed by atoms with van der Waals surface area (Å²) >= 11 is 0. The molecule has 3 heteroatoms. The minimum atomic E-state index is 0.767. The number of nitriles is 1. The molecule has 94 valence electrons. The smallest absolute Gasteiger partial charge is 0.0992 e. The second-order valence-corrected chi connectivity index (χ2v) is 5.59. The second kappa shape index (κ2) is 4.62. The summed E-state index contributed by atoms with van der Waals surface area (Å²) in [5.41, 5.74) is 1.98. The predicted octanol–water partition coefficient (Wildman–Crippen LogP) is 1.99. The number of quaternary nitrogens is 1. The Kier molecular flexibility index (Phi) is 2.97. The van der Waals surface area contributed by atoms with E-state index in [1.807, 2.05) is 18.2 Å². The summed E-state index contributed by atoms with van der Waals surface area (Å²) in [5.74, 6) is 0. The van der Waals surface area contributed by atoms with E-state index in [0.29, 0.717) is 0 Å². The molecule has 0 atom stereocenters. The molecule has 0 amide bonds. The Morgan fingerprint density at radius 3 is 2.44 bits per heavy atom. The third-order valence-electron chi connectivity index (χ3n) is 4.54. The third-order valence-corrected chi connectivity index (χ3v) is 4.54. The number of nitrogens with zero attached hydrogens (tertiary/aromatic N) is 3. The molecule has 3 nitrogen and oxygen atoms in total. The molecular formula is C15H20N3+. The van der Waals surface area contributed by atoms with Gasteiger partial charge in [0.2, 0.25) is 0 Å². The maximum absolute atomic E-state index is 8.96. The van der Waals surface area contributed by atoms with Gasteiger partial charge in [-0.3, -0.25) is 0 Å². The van der Waals surface area contributed by atoms with Crippen LogP contribution in [-0.2, 0) is 0 Å². The molecule has 0 aromatic heterocycles. The second-order valence-electron chi connectivity index (χ2n) is 5.59. The van der Waals surface area contributed by atoms with Crippen LogP contribution in [0.25, 0.3) is 0 Å². The van der Waals surface area contributed by atoms with E-state index in [0.717, 1.165) is 18.7 Å². The Hall–Kier alpha value is -1.53. The van der Waals surface area contributed by atoms with Crippen LogP contribution in [0.5, 0.6) is 0 Å². The number of hydrogen-bond donors (Lipinski definition) is 0. The van der Waals surface area contributed by atoms with Crippen LogP contribution in [0.2, 0.25) is 0 Å². The van der Waals surface area contributed by atoms with Gasteiger partial charge >= 0.3 is 0 Å². The highest BCUT2D eigenvalue weighted by Gasteiger charge is 2.35. The SMILES string of the molecule is N#Cc1cccc(N2CC[N+]3(CCCC3)CC2)c1. The van der Waals surface area contributed by atoms with Crippen LogP contribution >= 0.6 is 0 Å².